The van der Waals surface area contributed by atoms with E-state index < -0.39 is 0 Å². The summed E-state index contributed by atoms with van der Waals surface area (Å²) in [5.41, 5.74) is 4.03. The molecule has 2 aromatic heterocycles. The van der Waals surface area contributed by atoms with Crippen molar-refractivity contribution in [1.29, 1.82) is 0 Å². The van der Waals surface area contributed by atoms with Gasteiger partial charge in [-0.1, -0.05) is 48.3 Å². The number of amides is 1. The number of hydrogen-bond acceptors (Lipinski definition) is 5. The predicted molar refractivity (Wildman–Crippen MR) is 107 cm³/mol. The predicted octanol–water partition coefficient (Wildman–Crippen LogP) is 3.14. The van der Waals surface area contributed by atoms with E-state index in [9.17, 15) is 4.79 Å². The number of benzene rings is 1. The molecule has 29 heavy (non-hydrogen) atoms. The number of aromatic nitrogens is 4. The lowest BCUT2D eigenvalue weighted by Crippen LogP contribution is -2.39. The second-order valence-electron chi connectivity index (χ2n) is 8.07. The molecule has 0 unspecified atom stereocenters. The van der Waals surface area contributed by atoms with E-state index in [1.165, 1.54) is 12.8 Å². The van der Waals surface area contributed by atoms with Gasteiger partial charge >= 0.3 is 0 Å². The lowest BCUT2D eigenvalue weighted by Gasteiger charge is -2.29. The van der Waals surface area contributed by atoms with E-state index in [2.05, 4.69) is 15.2 Å². The maximum atomic E-state index is 12.9. The van der Waals surface area contributed by atoms with Crippen molar-refractivity contribution in [3.05, 3.63) is 53.0 Å². The molecule has 2 aliphatic rings. The number of rotatable bonds is 4. The molecule has 1 aliphatic heterocycles. The van der Waals surface area contributed by atoms with Gasteiger partial charge in [0.2, 0.25) is 5.91 Å². The number of hydrogen-bond donors (Lipinski definition) is 0. The Balaban J connectivity index is 1.39. The van der Waals surface area contributed by atoms with Gasteiger partial charge in [-0.25, -0.2) is 0 Å². The zero-order valence-corrected chi connectivity index (χ0v) is 16.7. The number of carbonyl (C=O) groups excluding carboxylic acids is 1. The Kier molecular flexibility index (Phi) is 4.66. The van der Waals surface area contributed by atoms with E-state index in [-0.39, 0.29) is 5.92 Å². The van der Waals surface area contributed by atoms with Crippen LogP contribution in [0.4, 0.5) is 0 Å². The van der Waals surface area contributed by atoms with E-state index in [1.54, 1.807) is 0 Å². The summed E-state index contributed by atoms with van der Waals surface area (Å²) in [6.07, 6.45) is 5.80. The van der Waals surface area contributed by atoms with Crippen LogP contribution in [0.5, 0.6) is 0 Å². The van der Waals surface area contributed by atoms with Crippen molar-refractivity contribution in [3.63, 3.8) is 0 Å². The highest BCUT2D eigenvalue weighted by molar-refractivity contribution is 5.79. The van der Waals surface area contributed by atoms with Gasteiger partial charge in [-0.05, 0) is 18.4 Å². The van der Waals surface area contributed by atoms with Gasteiger partial charge in [-0.2, -0.15) is 10.1 Å². The Labute approximate surface area is 169 Å². The van der Waals surface area contributed by atoms with Gasteiger partial charge in [-0.3, -0.25) is 9.48 Å². The summed E-state index contributed by atoms with van der Waals surface area (Å²) in [5, 5.41) is 8.80. The monoisotopic (exact) mass is 391 g/mol. The van der Waals surface area contributed by atoms with Crippen molar-refractivity contribution < 1.29 is 9.32 Å². The van der Waals surface area contributed by atoms with Crippen molar-refractivity contribution in [2.45, 2.75) is 45.1 Å². The SMILES string of the molecule is Cn1nc(-c2nc(Cc3ccccc3)no2)c2c1CCN(C(=O)C1CCCC1)C2. The Morgan fingerprint density at radius 1 is 1.21 bits per heavy atom. The molecule has 0 saturated heterocycles. The molecule has 3 heterocycles. The van der Waals surface area contributed by atoms with Crippen molar-refractivity contribution >= 4 is 5.91 Å². The zero-order valence-electron chi connectivity index (χ0n) is 16.7. The summed E-state index contributed by atoms with van der Waals surface area (Å²) in [6.45, 7) is 1.33. The van der Waals surface area contributed by atoms with Gasteiger partial charge in [-0.15, -0.1) is 0 Å². The van der Waals surface area contributed by atoms with Gasteiger partial charge < -0.3 is 9.42 Å². The molecule has 7 heteroatoms. The number of fused-ring (bicyclic) bond motifs is 1. The van der Waals surface area contributed by atoms with Gasteiger partial charge in [0.15, 0.2) is 11.5 Å². The highest BCUT2D eigenvalue weighted by Gasteiger charge is 2.33. The second-order valence-corrected chi connectivity index (χ2v) is 8.07. The fourth-order valence-corrected chi connectivity index (χ4v) is 4.58. The fraction of sp³-hybridized carbons (Fsp3) is 0.455. The van der Waals surface area contributed by atoms with Gasteiger partial charge in [0.25, 0.3) is 5.89 Å². The Morgan fingerprint density at radius 2 is 2.00 bits per heavy atom. The number of carbonyl (C=O) groups is 1. The van der Waals surface area contributed by atoms with Crippen LogP contribution < -0.4 is 0 Å². The first-order valence-electron chi connectivity index (χ1n) is 10.4. The van der Waals surface area contributed by atoms with E-state index in [4.69, 9.17) is 4.52 Å². The molecule has 0 N–H and O–H groups in total. The first kappa shape index (κ1) is 18.1. The first-order valence-corrected chi connectivity index (χ1v) is 10.4. The van der Waals surface area contributed by atoms with Crippen molar-refractivity contribution in [2.75, 3.05) is 6.54 Å². The lowest BCUT2D eigenvalue weighted by atomic mass is 10.0. The van der Waals surface area contributed by atoms with E-state index in [0.29, 0.717) is 36.3 Å². The molecule has 0 radical (unpaired) electrons. The van der Waals surface area contributed by atoms with E-state index in [0.717, 1.165) is 42.6 Å². The topological polar surface area (TPSA) is 77.1 Å². The maximum Gasteiger partial charge on any atom is 0.278 e. The summed E-state index contributed by atoms with van der Waals surface area (Å²) in [4.78, 5) is 19.5. The summed E-state index contributed by atoms with van der Waals surface area (Å²) in [7, 11) is 1.94. The van der Waals surface area contributed by atoms with Crippen LogP contribution in [0.25, 0.3) is 11.6 Å². The van der Waals surface area contributed by atoms with Crippen molar-refractivity contribution in [1.82, 2.24) is 24.8 Å². The smallest absolute Gasteiger partial charge is 0.278 e. The summed E-state index contributed by atoms with van der Waals surface area (Å²) < 4.78 is 7.45. The minimum absolute atomic E-state index is 0.192. The molecular weight excluding hydrogens is 366 g/mol. The van der Waals surface area contributed by atoms with E-state index in [1.807, 2.05) is 47.0 Å². The van der Waals surface area contributed by atoms with Crippen LogP contribution in [-0.2, 0) is 31.2 Å². The number of nitrogens with zero attached hydrogens (tertiary/aromatic N) is 5. The van der Waals surface area contributed by atoms with Gasteiger partial charge in [0.1, 0.15) is 0 Å². The molecule has 1 aromatic carbocycles. The Morgan fingerprint density at radius 3 is 2.79 bits per heavy atom. The quantitative estimate of drug-likeness (QED) is 0.683. The second kappa shape index (κ2) is 7.46. The summed E-state index contributed by atoms with van der Waals surface area (Å²) >= 11 is 0. The van der Waals surface area contributed by atoms with Crippen LogP contribution in [0.15, 0.2) is 34.9 Å². The molecule has 1 fully saturated rings. The third-order valence-electron chi connectivity index (χ3n) is 6.13. The first-order chi connectivity index (χ1) is 14.2. The minimum Gasteiger partial charge on any atom is -0.338 e. The van der Waals surface area contributed by atoms with Crippen LogP contribution in [0, 0.1) is 5.92 Å². The fourth-order valence-electron chi connectivity index (χ4n) is 4.58. The summed E-state index contributed by atoms with van der Waals surface area (Å²) in [6, 6.07) is 10.1. The van der Waals surface area contributed by atoms with Crippen LogP contribution in [-0.4, -0.2) is 37.3 Å². The molecule has 3 aromatic rings. The lowest BCUT2D eigenvalue weighted by molar-refractivity contribution is -0.136. The number of aryl methyl sites for hydroxylation is 1. The Bertz CT molecular complexity index is 1020. The molecule has 1 amide bonds. The third-order valence-corrected chi connectivity index (χ3v) is 6.13. The molecule has 1 saturated carbocycles. The maximum absolute atomic E-state index is 12.9. The molecule has 0 bridgehead atoms. The molecule has 0 atom stereocenters. The normalized spacial score (nSPS) is 16.9. The van der Waals surface area contributed by atoms with Gasteiger partial charge in [0.05, 0.1) is 0 Å². The van der Waals surface area contributed by atoms with E-state index >= 15 is 0 Å². The molecule has 150 valence electrons. The standard InChI is InChI=1S/C22H25N5O2/c1-26-18-11-12-27(22(28)16-9-5-6-10-16)14-17(18)20(24-26)21-23-19(25-29-21)13-15-7-3-2-4-8-15/h2-4,7-8,16H,5-6,9-14H2,1H3. The van der Waals surface area contributed by atoms with Crippen LogP contribution in [0.1, 0.15) is 48.3 Å². The highest BCUT2D eigenvalue weighted by Crippen LogP contribution is 2.32. The Hall–Kier alpha value is -2.96. The third kappa shape index (κ3) is 3.45. The van der Waals surface area contributed by atoms with Crippen LogP contribution in [0.3, 0.4) is 0 Å². The largest absolute Gasteiger partial charge is 0.338 e. The minimum atomic E-state index is 0.192. The molecule has 7 nitrogen and oxygen atoms in total. The average molecular weight is 391 g/mol. The molecular formula is C22H25N5O2. The molecule has 5 rings (SSSR count). The van der Waals surface area contributed by atoms with Crippen molar-refractivity contribution in [2.24, 2.45) is 13.0 Å². The average Bonchev–Trinajstić information content (AvgIpc) is 3.49. The van der Waals surface area contributed by atoms with Crippen molar-refractivity contribution in [3.8, 4) is 11.6 Å². The molecule has 1 aliphatic carbocycles. The zero-order chi connectivity index (χ0) is 19.8. The van der Waals surface area contributed by atoms with Gasteiger partial charge in [0, 0.05) is 50.2 Å². The van der Waals surface area contributed by atoms with Crippen LogP contribution in [0.2, 0.25) is 0 Å². The summed E-state index contributed by atoms with van der Waals surface area (Å²) in [5.74, 6) is 1.55. The highest BCUT2D eigenvalue weighted by atomic mass is 16.5. The van der Waals surface area contributed by atoms with Crippen LogP contribution >= 0.6 is 0 Å². The molecule has 0 spiro atoms.